The quantitative estimate of drug-likeness (QED) is 0.817. The van der Waals surface area contributed by atoms with Gasteiger partial charge < -0.3 is 9.84 Å². The number of aliphatic hydroxyl groups is 1. The second-order valence-corrected chi connectivity index (χ2v) is 4.84. The molecule has 2 aliphatic rings. The molecule has 0 saturated carbocycles. The number of rotatable bonds is 1. The van der Waals surface area contributed by atoms with Gasteiger partial charge in [-0.15, -0.1) is 0 Å². The van der Waals surface area contributed by atoms with Crippen LogP contribution < -0.4 is 4.74 Å². The topological polar surface area (TPSA) is 29.5 Å². The van der Waals surface area contributed by atoms with Gasteiger partial charge in [-0.1, -0.05) is 30.4 Å². The Hall–Kier alpha value is -1.80. The Balaban J connectivity index is 2.14. The zero-order valence-electron chi connectivity index (χ0n) is 10.4. The van der Waals surface area contributed by atoms with Crippen LogP contribution in [0.15, 0.2) is 42.5 Å². The highest BCUT2D eigenvalue weighted by atomic mass is 16.5. The van der Waals surface area contributed by atoms with Crippen molar-refractivity contribution >= 4 is 11.1 Å². The van der Waals surface area contributed by atoms with Gasteiger partial charge >= 0.3 is 0 Å². The van der Waals surface area contributed by atoms with Crippen molar-refractivity contribution in [2.75, 3.05) is 7.11 Å². The Morgan fingerprint density at radius 3 is 2.94 bits per heavy atom. The largest absolute Gasteiger partial charge is 0.497 e. The maximum atomic E-state index is 9.69. The molecule has 1 N–H and O–H groups in total. The Bertz CT molecular complexity index is 579. The van der Waals surface area contributed by atoms with Crippen molar-refractivity contribution in [3.05, 3.63) is 53.6 Å². The predicted molar refractivity (Wildman–Crippen MR) is 73.3 cm³/mol. The lowest BCUT2D eigenvalue weighted by Crippen LogP contribution is -2.13. The van der Waals surface area contributed by atoms with Crippen LogP contribution in [0, 0.1) is 0 Å². The summed E-state index contributed by atoms with van der Waals surface area (Å²) in [6, 6.07) is 6.09. The summed E-state index contributed by atoms with van der Waals surface area (Å²) in [5.74, 6) is 0.860. The summed E-state index contributed by atoms with van der Waals surface area (Å²) in [4.78, 5) is 0. The average Bonchev–Trinajstić information content (AvgIpc) is 2.38. The third kappa shape index (κ3) is 1.70. The average molecular weight is 240 g/mol. The molecule has 1 unspecified atom stereocenters. The van der Waals surface area contributed by atoms with Gasteiger partial charge in [-0.25, -0.2) is 0 Å². The van der Waals surface area contributed by atoms with Crippen LogP contribution in [0.3, 0.4) is 0 Å². The molecule has 2 heteroatoms. The molecular weight excluding hydrogens is 224 g/mol. The van der Waals surface area contributed by atoms with Crippen LogP contribution in [-0.2, 0) is 0 Å². The standard InChI is InChI=1S/C16H16O2/c1-10-7-11-8-12(17)3-5-14(11)15-6-4-13(18-2)9-16(10)15/h3-6,9,12,17H,1,7-8H2,2H3. The number of hydrogen-bond donors (Lipinski definition) is 1. The number of hydrogen-bond acceptors (Lipinski definition) is 2. The second-order valence-electron chi connectivity index (χ2n) is 4.84. The van der Waals surface area contributed by atoms with Crippen LogP contribution in [0.1, 0.15) is 24.0 Å². The molecule has 0 heterocycles. The minimum absolute atomic E-state index is 0.351. The molecule has 0 aromatic heterocycles. The van der Waals surface area contributed by atoms with Gasteiger partial charge in [0.05, 0.1) is 13.2 Å². The lowest BCUT2D eigenvalue weighted by Gasteiger charge is -2.27. The highest BCUT2D eigenvalue weighted by Gasteiger charge is 2.24. The minimum Gasteiger partial charge on any atom is -0.497 e. The fraction of sp³-hybridized carbons (Fsp3) is 0.250. The monoisotopic (exact) mass is 240 g/mol. The van der Waals surface area contributed by atoms with E-state index in [1.54, 1.807) is 7.11 Å². The first-order chi connectivity index (χ1) is 8.69. The first-order valence-corrected chi connectivity index (χ1v) is 6.14. The highest BCUT2D eigenvalue weighted by molar-refractivity contribution is 5.91. The van der Waals surface area contributed by atoms with E-state index in [9.17, 15) is 5.11 Å². The van der Waals surface area contributed by atoms with E-state index in [1.165, 1.54) is 16.7 Å². The Morgan fingerprint density at radius 1 is 1.33 bits per heavy atom. The van der Waals surface area contributed by atoms with Crippen molar-refractivity contribution in [1.29, 1.82) is 0 Å². The Kier molecular flexibility index (Phi) is 2.60. The van der Waals surface area contributed by atoms with Crippen molar-refractivity contribution in [2.45, 2.75) is 18.9 Å². The lowest BCUT2D eigenvalue weighted by molar-refractivity contribution is 0.222. The van der Waals surface area contributed by atoms with Gasteiger partial charge in [0.15, 0.2) is 0 Å². The first kappa shape index (κ1) is 11.3. The number of allylic oxidation sites excluding steroid dienone is 3. The van der Waals surface area contributed by atoms with E-state index in [2.05, 4.69) is 12.6 Å². The van der Waals surface area contributed by atoms with Crippen LogP contribution in [0.5, 0.6) is 5.75 Å². The van der Waals surface area contributed by atoms with E-state index >= 15 is 0 Å². The van der Waals surface area contributed by atoms with Gasteiger partial charge in [0.1, 0.15) is 5.75 Å². The van der Waals surface area contributed by atoms with Crippen molar-refractivity contribution in [3.8, 4) is 5.75 Å². The van der Waals surface area contributed by atoms with Gasteiger partial charge in [-0.2, -0.15) is 0 Å². The number of ether oxygens (including phenoxy) is 1. The van der Waals surface area contributed by atoms with Crippen molar-refractivity contribution in [2.24, 2.45) is 0 Å². The van der Waals surface area contributed by atoms with E-state index in [4.69, 9.17) is 4.74 Å². The zero-order chi connectivity index (χ0) is 12.7. The number of aliphatic hydroxyl groups excluding tert-OH is 1. The maximum Gasteiger partial charge on any atom is 0.119 e. The molecule has 0 spiro atoms. The number of methoxy groups -OCH3 is 1. The Labute approximate surface area is 107 Å². The number of fused-ring (bicyclic) bond motifs is 2. The molecule has 3 rings (SSSR count). The summed E-state index contributed by atoms with van der Waals surface area (Å²) in [6.07, 6.45) is 5.10. The molecule has 0 saturated heterocycles. The fourth-order valence-corrected chi connectivity index (χ4v) is 2.73. The van der Waals surface area contributed by atoms with Gasteiger partial charge in [-0.3, -0.25) is 0 Å². The summed E-state index contributed by atoms with van der Waals surface area (Å²) in [5, 5.41) is 9.69. The molecule has 1 atom stereocenters. The lowest BCUT2D eigenvalue weighted by atomic mass is 9.78. The highest BCUT2D eigenvalue weighted by Crippen LogP contribution is 2.42. The molecule has 2 nitrogen and oxygen atoms in total. The van der Waals surface area contributed by atoms with Gasteiger partial charge in [0, 0.05) is 0 Å². The van der Waals surface area contributed by atoms with Gasteiger partial charge in [0.25, 0.3) is 0 Å². The van der Waals surface area contributed by atoms with E-state index in [-0.39, 0.29) is 6.10 Å². The predicted octanol–water partition coefficient (Wildman–Crippen LogP) is 3.19. The van der Waals surface area contributed by atoms with Crippen molar-refractivity contribution in [1.82, 2.24) is 0 Å². The first-order valence-electron chi connectivity index (χ1n) is 6.14. The summed E-state index contributed by atoms with van der Waals surface area (Å²) in [7, 11) is 1.68. The van der Waals surface area contributed by atoms with E-state index < -0.39 is 0 Å². The Morgan fingerprint density at radius 2 is 2.17 bits per heavy atom. The maximum absolute atomic E-state index is 9.69. The summed E-state index contributed by atoms with van der Waals surface area (Å²) in [6.45, 7) is 4.15. The van der Waals surface area contributed by atoms with E-state index in [0.717, 1.165) is 29.7 Å². The molecule has 0 fully saturated rings. The van der Waals surface area contributed by atoms with Gasteiger partial charge in [0.2, 0.25) is 0 Å². The minimum atomic E-state index is -0.351. The van der Waals surface area contributed by atoms with E-state index in [0.29, 0.717) is 0 Å². The second kappa shape index (κ2) is 4.14. The van der Waals surface area contributed by atoms with Crippen LogP contribution in [0.4, 0.5) is 0 Å². The molecule has 2 aliphatic carbocycles. The zero-order valence-corrected chi connectivity index (χ0v) is 10.4. The van der Waals surface area contributed by atoms with E-state index in [1.807, 2.05) is 24.3 Å². The van der Waals surface area contributed by atoms with Gasteiger partial charge in [-0.05, 0) is 47.2 Å². The normalized spacial score (nSPS) is 21.7. The summed E-state index contributed by atoms with van der Waals surface area (Å²) < 4.78 is 5.27. The van der Waals surface area contributed by atoms with Crippen LogP contribution in [0.25, 0.3) is 11.1 Å². The fourth-order valence-electron chi connectivity index (χ4n) is 2.73. The molecule has 1 aromatic carbocycles. The summed E-state index contributed by atoms with van der Waals surface area (Å²) in [5.41, 5.74) is 5.99. The third-order valence-electron chi connectivity index (χ3n) is 3.65. The van der Waals surface area contributed by atoms with Crippen LogP contribution >= 0.6 is 0 Å². The summed E-state index contributed by atoms with van der Waals surface area (Å²) >= 11 is 0. The van der Waals surface area contributed by atoms with Crippen molar-refractivity contribution in [3.63, 3.8) is 0 Å². The molecule has 92 valence electrons. The molecule has 0 radical (unpaired) electrons. The SMILES string of the molecule is C=C1CC2=C(C=CC(O)C2)c2ccc(OC)cc21. The molecule has 0 bridgehead atoms. The van der Waals surface area contributed by atoms with Crippen LogP contribution in [0.2, 0.25) is 0 Å². The third-order valence-corrected chi connectivity index (χ3v) is 3.65. The smallest absolute Gasteiger partial charge is 0.119 e. The molecule has 18 heavy (non-hydrogen) atoms. The molecule has 1 aromatic rings. The molecule has 0 aliphatic heterocycles. The molecule has 0 amide bonds. The molecular formula is C16H16O2. The van der Waals surface area contributed by atoms with Crippen LogP contribution in [-0.4, -0.2) is 18.3 Å². The number of benzene rings is 1. The van der Waals surface area contributed by atoms with Crippen molar-refractivity contribution < 1.29 is 9.84 Å².